The molecule has 1 N–H and O–H groups in total. The van der Waals surface area contributed by atoms with Gasteiger partial charge in [-0.2, -0.15) is 0 Å². The molecule has 3 nitrogen and oxygen atoms in total. The zero-order chi connectivity index (χ0) is 11.4. The second-order valence-corrected chi connectivity index (χ2v) is 5.25. The zero-order valence-corrected chi connectivity index (χ0v) is 10.4. The third kappa shape index (κ3) is 2.97. The molecule has 0 saturated carbocycles. The summed E-state index contributed by atoms with van der Waals surface area (Å²) in [5.41, 5.74) is 0. The average Bonchev–Trinajstić information content (AvgIpc) is 2.69. The third-order valence-electron chi connectivity index (χ3n) is 4.03. The predicted octanol–water partition coefficient (Wildman–Crippen LogP) is 1.78. The van der Waals surface area contributed by atoms with Gasteiger partial charge in [0.25, 0.3) is 0 Å². The molecule has 2 fully saturated rings. The van der Waals surface area contributed by atoms with Gasteiger partial charge in [-0.15, -0.1) is 0 Å². The fourth-order valence-corrected chi connectivity index (χ4v) is 2.83. The van der Waals surface area contributed by atoms with Gasteiger partial charge < -0.3 is 10.2 Å². The van der Waals surface area contributed by atoms with Crippen LogP contribution < -0.4 is 5.32 Å². The topological polar surface area (TPSA) is 32.3 Å². The summed E-state index contributed by atoms with van der Waals surface area (Å²) >= 11 is 0. The summed E-state index contributed by atoms with van der Waals surface area (Å²) in [4.78, 5) is 13.8. The molecule has 92 valence electrons. The van der Waals surface area contributed by atoms with Crippen LogP contribution in [0.15, 0.2) is 0 Å². The Morgan fingerprint density at radius 1 is 1.44 bits per heavy atom. The summed E-state index contributed by atoms with van der Waals surface area (Å²) in [6.45, 7) is 5.31. The van der Waals surface area contributed by atoms with Crippen molar-refractivity contribution in [3.63, 3.8) is 0 Å². The summed E-state index contributed by atoms with van der Waals surface area (Å²) in [6.07, 6.45) is 7.03. The molecule has 2 unspecified atom stereocenters. The molecule has 16 heavy (non-hydrogen) atoms. The second kappa shape index (κ2) is 5.67. The number of likely N-dealkylation sites (tertiary alicyclic amines) is 1. The SMILES string of the molecule is CCC1CC(=O)N(CCC2CCCCN2)C1. The number of piperidine rings is 1. The van der Waals surface area contributed by atoms with Gasteiger partial charge in [-0.3, -0.25) is 4.79 Å². The molecule has 2 rings (SSSR count). The number of nitrogens with one attached hydrogen (secondary N) is 1. The molecular weight excluding hydrogens is 200 g/mol. The largest absolute Gasteiger partial charge is 0.342 e. The number of carbonyl (C=O) groups is 1. The highest BCUT2D eigenvalue weighted by Crippen LogP contribution is 2.21. The maximum absolute atomic E-state index is 11.7. The normalized spacial score (nSPS) is 31.1. The lowest BCUT2D eigenvalue weighted by atomic mass is 10.0. The minimum absolute atomic E-state index is 0.377. The maximum Gasteiger partial charge on any atom is 0.222 e. The first kappa shape index (κ1) is 11.9. The smallest absolute Gasteiger partial charge is 0.222 e. The molecule has 2 atom stereocenters. The van der Waals surface area contributed by atoms with Gasteiger partial charge in [-0.05, 0) is 31.7 Å². The molecule has 3 heteroatoms. The summed E-state index contributed by atoms with van der Waals surface area (Å²) in [7, 11) is 0. The molecule has 0 aromatic heterocycles. The van der Waals surface area contributed by atoms with E-state index in [1.807, 2.05) is 0 Å². The van der Waals surface area contributed by atoms with Crippen molar-refractivity contribution in [2.75, 3.05) is 19.6 Å². The van der Waals surface area contributed by atoms with Crippen LogP contribution in [0.25, 0.3) is 0 Å². The van der Waals surface area contributed by atoms with Crippen molar-refractivity contribution >= 4 is 5.91 Å². The number of amides is 1. The van der Waals surface area contributed by atoms with Crippen molar-refractivity contribution in [3.05, 3.63) is 0 Å². The lowest BCUT2D eigenvalue weighted by Crippen LogP contribution is -2.38. The van der Waals surface area contributed by atoms with E-state index < -0.39 is 0 Å². The monoisotopic (exact) mass is 224 g/mol. The van der Waals surface area contributed by atoms with Crippen molar-refractivity contribution in [2.45, 2.75) is 51.5 Å². The van der Waals surface area contributed by atoms with Gasteiger partial charge in [-0.25, -0.2) is 0 Å². The molecule has 1 amide bonds. The molecule has 2 aliphatic heterocycles. The van der Waals surface area contributed by atoms with E-state index in [-0.39, 0.29) is 0 Å². The van der Waals surface area contributed by atoms with E-state index >= 15 is 0 Å². The van der Waals surface area contributed by atoms with Gasteiger partial charge in [0, 0.05) is 25.6 Å². The summed E-state index contributed by atoms with van der Waals surface area (Å²) in [6, 6.07) is 0.655. The second-order valence-electron chi connectivity index (χ2n) is 5.25. The molecule has 0 bridgehead atoms. The van der Waals surface area contributed by atoms with Gasteiger partial charge in [0.1, 0.15) is 0 Å². The lowest BCUT2D eigenvalue weighted by Gasteiger charge is -2.26. The zero-order valence-electron chi connectivity index (χ0n) is 10.4. The van der Waals surface area contributed by atoms with Crippen molar-refractivity contribution in [3.8, 4) is 0 Å². The first-order chi connectivity index (χ1) is 7.79. The van der Waals surface area contributed by atoms with E-state index in [1.165, 1.54) is 19.3 Å². The Labute approximate surface area is 98.6 Å². The van der Waals surface area contributed by atoms with Crippen LogP contribution in [0, 0.1) is 5.92 Å². The lowest BCUT2D eigenvalue weighted by molar-refractivity contribution is -0.127. The standard InChI is InChI=1S/C13H24N2O/c1-2-11-9-13(16)15(10-11)8-6-12-5-3-4-7-14-12/h11-12,14H,2-10H2,1H3. The fourth-order valence-electron chi connectivity index (χ4n) is 2.83. The molecule has 2 aliphatic rings. The first-order valence-electron chi connectivity index (χ1n) is 6.80. The van der Waals surface area contributed by atoms with Crippen molar-refractivity contribution in [1.29, 1.82) is 0 Å². The highest BCUT2D eigenvalue weighted by molar-refractivity contribution is 5.78. The van der Waals surface area contributed by atoms with Gasteiger partial charge >= 0.3 is 0 Å². The van der Waals surface area contributed by atoms with E-state index in [0.29, 0.717) is 17.9 Å². The Hall–Kier alpha value is -0.570. The van der Waals surface area contributed by atoms with Gasteiger partial charge in [-0.1, -0.05) is 19.8 Å². The number of rotatable bonds is 4. The molecule has 0 aromatic rings. The van der Waals surface area contributed by atoms with Crippen molar-refractivity contribution in [1.82, 2.24) is 10.2 Å². The molecule has 0 radical (unpaired) electrons. The summed E-state index contributed by atoms with van der Waals surface area (Å²) in [5, 5.41) is 3.55. The van der Waals surface area contributed by atoms with Crippen LogP contribution in [-0.2, 0) is 4.79 Å². The van der Waals surface area contributed by atoms with Crippen LogP contribution in [-0.4, -0.2) is 36.5 Å². The summed E-state index contributed by atoms with van der Waals surface area (Å²) < 4.78 is 0. The van der Waals surface area contributed by atoms with Gasteiger partial charge in [0.15, 0.2) is 0 Å². The quantitative estimate of drug-likeness (QED) is 0.789. The van der Waals surface area contributed by atoms with Gasteiger partial charge in [0.2, 0.25) is 5.91 Å². The van der Waals surface area contributed by atoms with E-state index in [0.717, 1.165) is 38.9 Å². The highest BCUT2D eigenvalue weighted by Gasteiger charge is 2.28. The van der Waals surface area contributed by atoms with E-state index in [2.05, 4.69) is 17.1 Å². The average molecular weight is 224 g/mol. The summed E-state index contributed by atoms with van der Waals surface area (Å²) in [5.74, 6) is 0.995. The Morgan fingerprint density at radius 2 is 2.31 bits per heavy atom. The number of carbonyl (C=O) groups excluding carboxylic acids is 1. The first-order valence-corrected chi connectivity index (χ1v) is 6.80. The Balaban J connectivity index is 1.71. The van der Waals surface area contributed by atoms with Crippen molar-refractivity contribution in [2.24, 2.45) is 5.92 Å². The fraction of sp³-hybridized carbons (Fsp3) is 0.923. The molecule has 0 aliphatic carbocycles. The molecule has 2 saturated heterocycles. The Morgan fingerprint density at radius 3 is 2.94 bits per heavy atom. The van der Waals surface area contributed by atoms with Crippen LogP contribution in [0.1, 0.15) is 45.4 Å². The third-order valence-corrected chi connectivity index (χ3v) is 4.03. The number of hydrogen-bond acceptors (Lipinski definition) is 2. The molecular formula is C13H24N2O. The molecule has 2 heterocycles. The maximum atomic E-state index is 11.7. The minimum Gasteiger partial charge on any atom is -0.342 e. The molecule has 0 aromatic carbocycles. The van der Waals surface area contributed by atoms with Gasteiger partial charge in [0.05, 0.1) is 0 Å². The van der Waals surface area contributed by atoms with Crippen LogP contribution in [0.3, 0.4) is 0 Å². The predicted molar refractivity (Wildman–Crippen MR) is 65.2 cm³/mol. The number of nitrogens with zero attached hydrogens (tertiary/aromatic N) is 1. The minimum atomic E-state index is 0.377. The van der Waals surface area contributed by atoms with E-state index in [1.54, 1.807) is 0 Å². The van der Waals surface area contributed by atoms with Crippen molar-refractivity contribution < 1.29 is 4.79 Å². The Bertz CT molecular complexity index is 236. The molecule has 0 spiro atoms. The Kier molecular flexibility index (Phi) is 4.22. The van der Waals surface area contributed by atoms with E-state index in [9.17, 15) is 4.79 Å². The highest BCUT2D eigenvalue weighted by atomic mass is 16.2. The van der Waals surface area contributed by atoms with Crippen LogP contribution in [0.2, 0.25) is 0 Å². The van der Waals surface area contributed by atoms with E-state index in [4.69, 9.17) is 0 Å². The number of hydrogen-bond donors (Lipinski definition) is 1. The van der Waals surface area contributed by atoms with Crippen LogP contribution >= 0.6 is 0 Å². The van der Waals surface area contributed by atoms with Crippen LogP contribution in [0.5, 0.6) is 0 Å². The van der Waals surface area contributed by atoms with Crippen LogP contribution in [0.4, 0.5) is 0 Å².